The van der Waals surface area contributed by atoms with E-state index in [4.69, 9.17) is 32.7 Å². The molecule has 1 saturated heterocycles. The lowest BCUT2D eigenvalue weighted by Gasteiger charge is -2.23. The highest BCUT2D eigenvalue weighted by atomic mass is 79.9. The van der Waals surface area contributed by atoms with E-state index in [1.807, 2.05) is 12.1 Å². The summed E-state index contributed by atoms with van der Waals surface area (Å²) in [5, 5.41) is 4.75. The summed E-state index contributed by atoms with van der Waals surface area (Å²) in [6.07, 6.45) is 2.56. The van der Waals surface area contributed by atoms with Crippen LogP contribution in [0.4, 0.5) is 0 Å². The number of hydrogen-bond acceptors (Lipinski definition) is 4. The number of nitrogens with one attached hydrogen (secondary N) is 1. The molecule has 0 spiro atoms. The molecule has 1 aliphatic heterocycles. The van der Waals surface area contributed by atoms with Crippen LogP contribution in [0.15, 0.2) is 34.8 Å². The molecule has 0 radical (unpaired) electrons. The summed E-state index contributed by atoms with van der Waals surface area (Å²) in [4.78, 5) is 2.54. The van der Waals surface area contributed by atoms with Gasteiger partial charge in [0.15, 0.2) is 11.5 Å². The van der Waals surface area contributed by atoms with E-state index in [0.29, 0.717) is 27.6 Å². The third-order valence-electron chi connectivity index (χ3n) is 5.33. The Hall–Kier alpha value is -0.980. The van der Waals surface area contributed by atoms with Crippen LogP contribution in [0, 0.1) is 0 Å². The van der Waals surface area contributed by atoms with Crippen LogP contribution in [0.2, 0.25) is 10.0 Å². The van der Waals surface area contributed by atoms with Gasteiger partial charge in [-0.05, 0) is 71.7 Å². The van der Waals surface area contributed by atoms with Crippen molar-refractivity contribution in [2.75, 3.05) is 26.7 Å². The van der Waals surface area contributed by atoms with Gasteiger partial charge in [-0.3, -0.25) is 4.90 Å². The van der Waals surface area contributed by atoms with Crippen molar-refractivity contribution in [3.8, 4) is 11.5 Å². The zero-order chi connectivity index (χ0) is 20.8. The number of methoxy groups -OCH3 is 1. The third kappa shape index (κ3) is 5.80. The molecule has 158 valence electrons. The highest BCUT2D eigenvalue weighted by molar-refractivity contribution is 9.10. The molecule has 0 bridgehead atoms. The third-order valence-corrected chi connectivity index (χ3v) is 6.62. The van der Waals surface area contributed by atoms with Gasteiger partial charge in [-0.2, -0.15) is 0 Å². The number of hydrogen-bond donors (Lipinski definition) is 1. The van der Waals surface area contributed by atoms with Crippen LogP contribution in [0.1, 0.15) is 30.9 Å². The number of nitrogens with zero attached hydrogens (tertiary/aromatic N) is 1. The van der Waals surface area contributed by atoms with Crippen molar-refractivity contribution in [3.05, 3.63) is 56.0 Å². The van der Waals surface area contributed by atoms with Gasteiger partial charge in [-0.15, -0.1) is 0 Å². The van der Waals surface area contributed by atoms with E-state index in [1.54, 1.807) is 19.2 Å². The average molecular weight is 502 g/mol. The Kier molecular flexibility index (Phi) is 8.51. The summed E-state index contributed by atoms with van der Waals surface area (Å²) in [7, 11) is 1.64. The van der Waals surface area contributed by atoms with Crippen molar-refractivity contribution >= 4 is 39.1 Å². The maximum Gasteiger partial charge on any atom is 0.175 e. The SMILES string of the molecule is CCN1CCCC1CNCc1cc(Br)c(OCc2c(Cl)cccc2Cl)c(OC)c1. The first kappa shape index (κ1) is 22.7. The minimum absolute atomic E-state index is 0.263. The second-order valence-electron chi connectivity index (χ2n) is 7.15. The van der Waals surface area contributed by atoms with Gasteiger partial charge in [0.1, 0.15) is 6.61 Å². The van der Waals surface area contributed by atoms with Crippen LogP contribution in [0.3, 0.4) is 0 Å². The minimum atomic E-state index is 0.263. The molecular formula is C22H27BrCl2N2O2. The molecule has 1 N–H and O–H groups in total. The number of benzene rings is 2. The molecule has 1 atom stereocenters. The largest absolute Gasteiger partial charge is 0.493 e. The fourth-order valence-corrected chi connectivity index (χ4v) is 4.87. The van der Waals surface area contributed by atoms with E-state index in [-0.39, 0.29) is 6.61 Å². The van der Waals surface area contributed by atoms with Crippen LogP contribution >= 0.6 is 39.1 Å². The van der Waals surface area contributed by atoms with Gasteiger partial charge in [0.05, 0.1) is 11.6 Å². The highest BCUT2D eigenvalue weighted by Gasteiger charge is 2.22. The van der Waals surface area contributed by atoms with Crippen molar-refractivity contribution in [1.82, 2.24) is 10.2 Å². The van der Waals surface area contributed by atoms with Crippen molar-refractivity contribution < 1.29 is 9.47 Å². The first-order valence-electron chi connectivity index (χ1n) is 9.90. The van der Waals surface area contributed by atoms with Crippen LogP contribution < -0.4 is 14.8 Å². The van der Waals surface area contributed by atoms with E-state index in [0.717, 1.165) is 35.2 Å². The topological polar surface area (TPSA) is 33.7 Å². The van der Waals surface area contributed by atoms with Gasteiger partial charge < -0.3 is 14.8 Å². The average Bonchev–Trinajstić information content (AvgIpc) is 3.16. The Balaban J connectivity index is 1.64. The summed E-state index contributed by atoms with van der Waals surface area (Å²) >= 11 is 16.1. The van der Waals surface area contributed by atoms with Crippen LogP contribution in [0.25, 0.3) is 0 Å². The summed E-state index contributed by atoms with van der Waals surface area (Å²) in [6.45, 7) is 6.60. The lowest BCUT2D eigenvalue weighted by molar-refractivity contribution is 0.259. The second kappa shape index (κ2) is 10.9. The Labute approximate surface area is 191 Å². The Morgan fingerprint density at radius 1 is 1.24 bits per heavy atom. The molecule has 2 aromatic carbocycles. The molecule has 3 rings (SSSR count). The number of rotatable bonds is 9. The predicted molar refractivity (Wildman–Crippen MR) is 123 cm³/mol. The zero-order valence-corrected chi connectivity index (χ0v) is 19.9. The van der Waals surface area contributed by atoms with Gasteiger partial charge in [-0.25, -0.2) is 0 Å². The fraction of sp³-hybridized carbons (Fsp3) is 0.455. The van der Waals surface area contributed by atoms with Gasteiger partial charge >= 0.3 is 0 Å². The smallest absolute Gasteiger partial charge is 0.175 e. The number of likely N-dealkylation sites (N-methyl/N-ethyl adjacent to an activating group) is 1. The van der Waals surface area contributed by atoms with Gasteiger partial charge in [0, 0.05) is 34.7 Å². The number of halogens is 3. The molecule has 0 aromatic heterocycles. The lowest BCUT2D eigenvalue weighted by atomic mass is 10.1. The minimum Gasteiger partial charge on any atom is -0.493 e. The Bertz CT molecular complexity index is 814. The van der Waals surface area contributed by atoms with Crippen molar-refractivity contribution in [3.63, 3.8) is 0 Å². The number of ether oxygens (including phenoxy) is 2. The summed E-state index contributed by atoms with van der Waals surface area (Å²) < 4.78 is 12.4. The Morgan fingerprint density at radius 3 is 2.69 bits per heavy atom. The molecule has 1 unspecified atom stereocenters. The summed E-state index contributed by atoms with van der Waals surface area (Å²) in [5.41, 5.74) is 1.89. The summed E-state index contributed by atoms with van der Waals surface area (Å²) in [5.74, 6) is 1.32. The molecule has 7 heteroatoms. The van der Waals surface area contributed by atoms with Crippen molar-refractivity contribution in [2.24, 2.45) is 0 Å². The molecule has 1 heterocycles. The quantitative estimate of drug-likeness (QED) is 0.462. The molecule has 1 fully saturated rings. The molecule has 0 aliphatic carbocycles. The molecule has 29 heavy (non-hydrogen) atoms. The zero-order valence-electron chi connectivity index (χ0n) is 16.8. The maximum absolute atomic E-state index is 6.25. The van der Waals surface area contributed by atoms with E-state index in [2.05, 4.69) is 39.1 Å². The highest BCUT2D eigenvalue weighted by Crippen LogP contribution is 2.38. The van der Waals surface area contributed by atoms with Crippen molar-refractivity contribution in [2.45, 2.75) is 39.0 Å². The van der Waals surface area contributed by atoms with Gasteiger partial charge in [-0.1, -0.05) is 36.2 Å². The van der Waals surface area contributed by atoms with E-state index < -0.39 is 0 Å². The monoisotopic (exact) mass is 500 g/mol. The predicted octanol–water partition coefficient (Wildman–Crippen LogP) is 5.92. The number of likely N-dealkylation sites (tertiary alicyclic amines) is 1. The maximum atomic E-state index is 6.25. The van der Waals surface area contributed by atoms with Gasteiger partial charge in [0.2, 0.25) is 0 Å². The van der Waals surface area contributed by atoms with Crippen molar-refractivity contribution in [1.29, 1.82) is 0 Å². The van der Waals surface area contributed by atoms with E-state index in [1.165, 1.54) is 19.4 Å². The first-order chi connectivity index (χ1) is 14.0. The van der Waals surface area contributed by atoms with Crippen LogP contribution in [0.5, 0.6) is 11.5 Å². The molecule has 0 saturated carbocycles. The first-order valence-corrected chi connectivity index (χ1v) is 11.4. The molecular weight excluding hydrogens is 475 g/mol. The molecule has 4 nitrogen and oxygen atoms in total. The van der Waals surface area contributed by atoms with Crippen LogP contribution in [-0.4, -0.2) is 37.7 Å². The molecule has 0 amide bonds. The van der Waals surface area contributed by atoms with E-state index in [9.17, 15) is 0 Å². The summed E-state index contributed by atoms with van der Waals surface area (Å²) in [6, 6.07) is 10.1. The van der Waals surface area contributed by atoms with E-state index >= 15 is 0 Å². The normalized spacial score (nSPS) is 16.9. The Morgan fingerprint density at radius 2 is 2.00 bits per heavy atom. The fourth-order valence-electron chi connectivity index (χ4n) is 3.76. The molecule has 1 aliphatic rings. The van der Waals surface area contributed by atoms with Gasteiger partial charge in [0.25, 0.3) is 0 Å². The van der Waals surface area contributed by atoms with Crippen LogP contribution in [-0.2, 0) is 13.2 Å². The lowest BCUT2D eigenvalue weighted by Crippen LogP contribution is -2.37. The second-order valence-corrected chi connectivity index (χ2v) is 8.82. The molecule has 2 aromatic rings. The standard InChI is InChI=1S/C22H27BrCl2N2O2/c1-3-27-9-5-6-16(27)13-26-12-15-10-18(23)22(21(11-15)28-2)29-14-17-19(24)7-4-8-20(17)25/h4,7-8,10-11,16,26H,3,5-6,9,12-14H2,1-2H3.